The normalized spacial score (nSPS) is 22.7. The molecule has 0 bridgehead atoms. The molecule has 2 aliphatic heterocycles. The molecule has 0 aromatic carbocycles. The number of nitrogens with zero attached hydrogens (tertiary/aromatic N) is 3. The molecular formula is C30H42F3N7O2S. The molecule has 9 nitrogen and oxygen atoms in total. The fourth-order valence-electron chi connectivity index (χ4n) is 5.94. The zero-order chi connectivity index (χ0) is 31.4. The maximum atomic E-state index is 13.1. The zero-order valence-corrected chi connectivity index (χ0v) is 25.8. The molecule has 5 N–H and O–H groups in total. The molecule has 1 aliphatic carbocycles. The maximum absolute atomic E-state index is 13.1. The Balaban J connectivity index is 1.31. The van der Waals surface area contributed by atoms with E-state index in [-0.39, 0.29) is 43.5 Å². The number of hydrogen-bond donors (Lipinski definition) is 5. The van der Waals surface area contributed by atoms with Gasteiger partial charge in [-0.2, -0.15) is 13.2 Å². The molecule has 1 saturated carbocycles. The van der Waals surface area contributed by atoms with Crippen molar-refractivity contribution in [2.24, 2.45) is 17.1 Å². The van der Waals surface area contributed by atoms with E-state index >= 15 is 0 Å². The van der Waals surface area contributed by atoms with Gasteiger partial charge in [0.25, 0.3) is 5.91 Å². The molecule has 13 heteroatoms. The van der Waals surface area contributed by atoms with Crippen LogP contribution in [0.2, 0.25) is 0 Å². The Kier molecular flexibility index (Phi) is 9.93. The minimum Gasteiger partial charge on any atom is -0.478 e. The minimum absolute atomic E-state index is 0.114. The molecule has 2 unspecified atom stereocenters. The number of primary amides is 1. The van der Waals surface area contributed by atoms with Gasteiger partial charge in [0.1, 0.15) is 17.8 Å². The van der Waals surface area contributed by atoms with Gasteiger partial charge in [-0.05, 0) is 82.6 Å². The van der Waals surface area contributed by atoms with Gasteiger partial charge in [-0.25, -0.2) is 4.98 Å². The molecule has 4 rings (SSSR count). The lowest BCUT2D eigenvalue weighted by atomic mass is 9.93. The standard InChI is InChI=1S/C30H42F3N7O2S/c1-28(2)18-20(6-5-15-36-23-7-4-8-25(43)38-23)19-40(28)27-21(26(35)41)9-10-24(39(27)3)37-16-11-22(34)42-17-14-29(12-13-29)30(31,32)33/h4,7-11,16,20,24,34,37H,5-6,12-15,17-19H2,1-3H3,(H2,35,41)(H2,36,38,43)/b16-11-,34-22?. The van der Waals surface area contributed by atoms with E-state index in [1.54, 1.807) is 12.2 Å². The summed E-state index contributed by atoms with van der Waals surface area (Å²) < 4.78 is 44.5. The van der Waals surface area contributed by atoms with E-state index in [0.717, 1.165) is 44.0 Å². The quantitative estimate of drug-likeness (QED) is 0.0909. The second kappa shape index (κ2) is 13.1. The van der Waals surface area contributed by atoms with E-state index in [2.05, 4.69) is 47.0 Å². The molecule has 3 aliphatic rings. The van der Waals surface area contributed by atoms with Crippen LogP contribution in [-0.4, -0.2) is 71.2 Å². The van der Waals surface area contributed by atoms with Crippen LogP contribution < -0.4 is 16.4 Å². The summed E-state index contributed by atoms with van der Waals surface area (Å²) >= 11 is 4.29. The minimum atomic E-state index is -4.24. The van der Waals surface area contributed by atoms with Crippen molar-refractivity contribution in [1.29, 1.82) is 5.41 Å². The Labute approximate surface area is 256 Å². The molecule has 0 spiro atoms. The highest BCUT2D eigenvalue weighted by Crippen LogP contribution is 2.59. The first kappa shape index (κ1) is 32.6. The summed E-state index contributed by atoms with van der Waals surface area (Å²) in [7, 11) is 1.87. The van der Waals surface area contributed by atoms with Crippen molar-refractivity contribution in [1.82, 2.24) is 20.1 Å². The Bertz CT molecular complexity index is 1280. The average Bonchev–Trinajstić information content (AvgIpc) is 3.65. The Morgan fingerprint density at radius 3 is 2.72 bits per heavy atom. The van der Waals surface area contributed by atoms with Crippen molar-refractivity contribution in [3.63, 3.8) is 0 Å². The molecule has 43 heavy (non-hydrogen) atoms. The van der Waals surface area contributed by atoms with Crippen LogP contribution in [0.25, 0.3) is 0 Å². The van der Waals surface area contributed by atoms with E-state index < -0.39 is 17.5 Å². The van der Waals surface area contributed by atoms with Crippen molar-refractivity contribution in [2.75, 3.05) is 32.1 Å². The molecular weight excluding hydrogens is 579 g/mol. The Morgan fingerprint density at radius 1 is 1.33 bits per heavy atom. The van der Waals surface area contributed by atoms with Gasteiger partial charge in [0.2, 0.25) is 5.90 Å². The second-order valence-electron chi connectivity index (χ2n) is 12.2. The lowest BCUT2D eigenvalue weighted by molar-refractivity contribution is -0.190. The molecule has 2 fully saturated rings. The number of halogens is 3. The van der Waals surface area contributed by atoms with Gasteiger partial charge in [-0.3, -0.25) is 10.2 Å². The fraction of sp³-hybridized carbons (Fsp3) is 0.567. The van der Waals surface area contributed by atoms with Gasteiger partial charge in [0, 0.05) is 38.0 Å². The van der Waals surface area contributed by atoms with Gasteiger partial charge in [0.05, 0.1) is 22.6 Å². The highest BCUT2D eigenvalue weighted by Gasteiger charge is 2.62. The number of carbonyl (C=O) groups excluding carboxylic acids is 1. The van der Waals surface area contributed by atoms with E-state index in [1.165, 1.54) is 12.3 Å². The van der Waals surface area contributed by atoms with Crippen molar-refractivity contribution in [2.45, 2.75) is 75.3 Å². The Morgan fingerprint density at radius 2 is 2.07 bits per heavy atom. The summed E-state index contributed by atoms with van der Waals surface area (Å²) in [5, 5.41) is 15.2. The van der Waals surface area contributed by atoms with Crippen molar-refractivity contribution < 1.29 is 22.7 Å². The number of hydrogen-bond acceptors (Lipinski definition) is 9. The summed E-state index contributed by atoms with van der Waals surface area (Å²) in [6.45, 7) is 5.72. The van der Waals surface area contributed by atoms with Crippen LogP contribution in [0.1, 0.15) is 52.4 Å². The lowest BCUT2D eigenvalue weighted by Gasteiger charge is -2.44. The number of likely N-dealkylation sites (N-methyl/N-ethyl adjacent to an activating group) is 1. The highest BCUT2D eigenvalue weighted by molar-refractivity contribution is 7.80. The summed E-state index contributed by atoms with van der Waals surface area (Å²) in [5.41, 5.74) is 4.35. The van der Waals surface area contributed by atoms with Crippen LogP contribution in [0.3, 0.4) is 0 Å². The van der Waals surface area contributed by atoms with Crippen LogP contribution in [-0.2, 0) is 9.53 Å². The predicted octanol–water partition coefficient (Wildman–Crippen LogP) is 5.02. The van der Waals surface area contributed by atoms with Gasteiger partial charge in [0.15, 0.2) is 0 Å². The highest BCUT2D eigenvalue weighted by atomic mass is 32.1. The van der Waals surface area contributed by atoms with Gasteiger partial charge in [-0.1, -0.05) is 6.07 Å². The van der Waals surface area contributed by atoms with Crippen LogP contribution >= 0.6 is 12.6 Å². The number of thiol groups is 1. The number of alkyl halides is 3. The summed E-state index contributed by atoms with van der Waals surface area (Å²) in [6, 6.07) is 5.66. The van der Waals surface area contributed by atoms with Crippen LogP contribution in [0, 0.1) is 16.7 Å². The maximum Gasteiger partial charge on any atom is 0.394 e. The van der Waals surface area contributed by atoms with Crippen LogP contribution in [0.5, 0.6) is 0 Å². The largest absolute Gasteiger partial charge is 0.478 e. The third kappa shape index (κ3) is 7.98. The number of pyridine rings is 1. The van der Waals surface area contributed by atoms with Gasteiger partial charge >= 0.3 is 6.18 Å². The lowest BCUT2D eigenvalue weighted by Crippen LogP contribution is -2.51. The average molecular weight is 622 g/mol. The van der Waals surface area contributed by atoms with E-state index in [0.29, 0.717) is 16.5 Å². The predicted molar refractivity (Wildman–Crippen MR) is 163 cm³/mol. The molecule has 0 radical (unpaired) electrons. The van der Waals surface area contributed by atoms with Crippen molar-refractivity contribution in [3.05, 3.63) is 54.0 Å². The monoisotopic (exact) mass is 621 g/mol. The molecule has 2 atom stereocenters. The number of aromatic nitrogens is 1. The first-order valence-corrected chi connectivity index (χ1v) is 15.0. The topological polar surface area (TPSA) is 120 Å². The zero-order valence-electron chi connectivity index (χ0n) is 24.9. The Hall–Kier alpha value is -3.35. The molecule has 236 valence electrons. The number of nitrogens with one attached hydrogen (secondary N) is 3. The number of ether oxygens (including phenoxy) is 1. The number of rotatable bonds is 13. The van der Waals surface area contributed by atoms with E-state index in [4.69, 9.17) is 15.9 Å². The second-order valence-corrected chi connectivity index (χ2v) is 12.7. The van der Waals surface area contributed by atoms with Gasteiger partial charge < -0.3 is 30.9 Å². The van der Waals surface area contributed by atoms with E-state index in [1.807, 2.05) is 30.1 Å². The molecule has 1 amide bonds. The fourth-order valence-corrected chi connectivity index (χ4v) is 6.14. The first-order chi connectivity index (χ1) is 20.2. The van der Waals surface area contributed by atoms with Crippen LogP contribution in [0.15, 0.2) is 59.0 Å². The third-order valence-corrected chi connectivity index (χ3v) is 8.79. The molecule has 1 aromatic heterocycles. The number of nitrogens with two attached hydrogens (primary N) is 1. The first-order valence-electron chi connectivity index (χ1n) is 14.6. The molecule has 1 saturated heterocycles. The van der Waals surface area contributed by atoms with Gasteiger partial charge in [-0.15, -0.1) is 12.6 Å². The molecule has 1 aromatic rings. The van der Waals surface area contributed by atoms with Crippen LogP contribution in [0.4, 0.5) is 19.0 Å². The summed E-state index contributed by atoms with van der Waals surface area (Å²) in [5.74, 6) is 1.20. The summed E-state index contributed by atoms with van der Waals surface area (Å²) in [6.07, 6.45) is 4.83. The molecule has 3 heterocycles. The van der Waals surface area contributed by atoms with E-state index in [9.17, 15) is 18.0 Å². The summed E-state index contributed by atoms with van der Waals surface area (Å²) in [4.78, 5) is 21.0. The van der Waals surface area contributed by atoms with Crippen molar-refractivity contribution in [3.8, 4) is 0 Å². The number of carbonyl (C=O) groups is 1. The number of likely N-dealkylation sites (tertiary alicyclic amines) is 1. The van der Waals surface area contributed by atoms with Crippen molar-refractivity contribution >= 4 is 30.3 Å². The SMILES string of the molecule is CN1C(N2CC(CCCNc3cccc(S)n3)CC2(C)C)=C(C(N)=O)C=CC1N/C=C\C(=N)OCCC1(C(F)(F)F)CC1. The number of amides is 1. The number of anilines is 1. The third-order valence-electron chi connectivity index (χ3n) is 8.54. The smallest absolute Gasteiger partial charge is 0.394 e.